The third kappa shape index (κ3) is 3.82. The van der Waals surface area contributed by atoms with Crippen molar-refractivity contribution in [1.82, 2.24) is 0 Å². The number of rotatable bonds is 3. The Balaban J connectivity index is 0.00000196. The predicted molar refractivity (Wildman–Crippen MR) is 56.0 cm³/mol. The molecule has 0 saturated carbocycles. The van der Waals surface area contributed by atoms with Gasteiger partial charge in [0.05, 0.1) is 11.6 Å². The SMILES string of the molecule is Cl.N#Cc1ccccc1[C@H](N)CC(F)F. The fraction of sp³-hybridized carbons (Fsp3) is 0.300. The first-order valence-electron chi connectivity index (χ1n) is 4.18. The molecule has 2 nitrogen and oxygen atoms in total. The van der Waals surface area contributed by atoms with E-state index < -0.39 is 18.9 Å². The number of nitrogens with zero attached hydrogens (tertiary/aromatic N) is 1. The molecule has 0 bridgehead atoms. The van der Waals surface area contributed by atoms with Gasteiger partial charge in [-0.15, -0.1) is 12.4 Å². The molecule has 1 atom stereocenters. The zero-order chi connectivity index (χ0) is 10.6. The summed E-state index contributed by atoms with van der Waals surface area (Å²) in [7, 11) is 0. The third-order valence-corrected chi connectivity index (χ3v) is 1.91. The van der Waals surface area contributed by atoms with Gasteiger partial charge in [0.1, 0.15) is 0 Å². The average molecular weight is 233 g/mol. The number of hydrogen-bond acceptors (Lipinski definition) is 2. The molecule has 0 aliphatic carbocycles. The summed E-state index contributed by atoms with van der Waals surface area (Å²) in [5.74, 6) is 0. The monoisotopic (exact) mass is 232 g/mol. The summed E-state index contributed by atoms with van der Waals surface area (Å²) < 4.78 is 24.1. The molecule has 0 aromatic heterocycles. The highest BCUT2D eigenvalue weighted by atomic mass is 35.5. The molecule has 0 heterocycles. The van der Waals surface area contributed by atoms with Gasteiger partial charge in [0.2, 0.25) is 6.43 Å². The van der Waals surface area contributed by atoms with Crippen LogP contribution in [-0.4, -0.2) is 6.43 Å². The molecule has 0 aliphatic rings. The first-order chi connectivity index (χ1) is 6.65. The Kier molecular flexibility index (Phi) is 5.83. The second-order valence-corrected chi connectivity index (χ2v) is 2.93. The van der Waals surface area contributed by atoms with E-state index in [1.807, 2.05) is 6.07 Å². The lowest BCUT2D eigenvalue weighted by atomic mass is 10.00. The van der Waals surface area contributed by atoms with E-state index in [2.05, 4.69) is 0 Å². The van der Waals surface area contributed by atoms with E-state index in [0.29, 0.717) is 11.1 Å². The van der Waals surface area contributed by atoms with Gasteiger partial charge in [-0.25, -0.2) is 8.78 Å². The van der Waals surface area contributed by atoms with Crippen LogP contribution in [0.15, 0.2) is 24.3 Å². The van der Waals surface area contributed by atoms with Crippen LogP contribution < -0.4 is 5.73 Å². The predicted octanol–water partition coefficient (Wildman–Crippen LogP) is 2.64. The molecule has 82 valence electrons. The highest BCUT2D eigenvalue weighted by Gasteiger charge is 2.15. The molecule has 1 aromatic rings. The highest BCUT2D eigenvalue weighted by Crippen LogP contribution is 2.20. The molecular weight excluding hydrogens is 222 g/mol. The summed E-state index contributed by atoms with van der Waals surface area (Å²) in [5, 5.41) is 8.71. The molecule has 0 spiro atoms. The fourth-order valence-corrected chi connectivity index (χ4v) is 1.24. The van der Waals surface area contributed by atoms with Crippen molar-refractivity contribution in [3.05, 3.63) is 35.4 Å². The van der Waals surface area contributed by atoms with E-state index in [1.165, 1.54) is 0 Å². The van der Waals surface area contributed by atoms with Crippen molar-refractivity contribution in [1.29, 1.82) is 5.26 Å². The van der Waals surface area contributed by atoms with Gasteiger partial charge in [-0.2, -0.15) is 5.26 Å². The summed E-state index contributed by atoms with van der Waals surface area (Å²) in [6, 6.07) is 7.69. The standard InChI is InChI=1S/C10H10F2N2.ClH/c11-10(12)5-9(14)8-4-2-1-3-7(8)6-13;/h1-4,9-10H,5,14H2;1H/t9-;/m1./s1. The Morgan fingerprint density at radius 3 is 2.47 bits per heavy atom. The summed E-state index contributed by atoms with van der Waals surface area (Å²) >= 11 is 0. The smallest absolute Gasteiger partial charge is 0.240 e. The Bertz CT molecular complexity index is 350. The molecule has 0 saturated heterocycles. The van der Waals surface area contributed by atoms with Gasteiger partial charge in [-0.05, 0) is 11.6 Å². The van der Waals surface area contributed by atoms with Crippen molar-refractivity contribution in [2.45, 2.75) is 18.9 Å². The highest BCUT2D eigenvalue weighted by molar-refractivity contribution is 5.85. The number of nitrogens with two attached hydrogens (primary N) is 1. The van der Waals surface area contributed by atoms with Crippen LogP contribution in [0, 0.1) is 11.3 Å². The van der Waals surface area contributed by atoms with Crippen LogP contribution in [0.1, 0.15) is 23.6 Å². The number of nitriles is 1. The zero-order valence-electron chi connectivity index (χ0n) is 7.86. The minimum absolute atomic E-state index is 0. The fourth-order valence-electron chi connectivity index (χ4n) is 1.24. The number of benzene rings is 1. The van der Waals surface area contributed by atoms with Crippen LogP contribution >= 0.6 is 12.4 Å². The number of hydrogen-bond donors (Lipinski definition) is 1. The van der Waals surface area contributed by atoms with Crippen molar-refractivity contribution in [3.8, 4) is 6.07 Å². The van der Waals surface area contributed by atoms with Gasteiger partial charge < -0.3 is 5.73 Å². The molecule has 2 N–H and O–H groups in total. The van der Waals surface area contributed by atoms with Crippen LogP contribution in [0.5, 0.6) is 0 Å². The van der Waals surface area contributed by atoms with Crippen LogP contribution in [0.2, 0.25) is 0 Å². The van der Waals surface area contributed by atoms with Gasteiger partial charge in [-0.1, -0.05) is 18.2 Å². The van der Waals surface area contributed by atoms with E-state index in [-0.39, 0.29) is 12.4 Å². The van der Waals surface area contributed by atoms with Gasteiger partial charge >= 0.3 is 0 Å². The molecule has 1 aromatic carbocycles. The summed E-state index contributed by atoms with van der Waals surface area (Å²) in [6.07, 6.45) is -2.87. The normalized spacial score (nSPS) is 11.7. The van der Waals surface area contributed by atoms with E-state index in [1.54, 1.807) is 24.3 Å². The van der Waals surface area contributed by atoms with E-state index in [4.69, 9.17) is 11.0 Å². The van der Waals surface area contributed by atoms with Crippen molar-refractivity contribution < 1.29 is 8.78 Å². The molecule has 0 amide bonds. The van der Waals surface area contributed by atoms with Crippen molar-refractivity contribution >= 4 is 12.4 Å². The molecule has 15 heavy (non-hydrogen) atoms. The third-order valence-electron chi connectivity index (χ3n) is 1.91. The lowest BCUT2D eigenvalue weighted by Crippen LogP contribution is -2.15. The number of alkyl halides is 2. The van der Waals surface area contributed by atoms with Crippen LogP contribution in [0.4, 0.5) is 8.78 Å². The number of halogens is 3. The molecule has 1 rings (SSSR count). The molecule has 0 radical (unpaired) electrons. The minimum atomic E-state index is -2.45. The molecule has 0 aliphatic heterocycles. The van der Waals surface area contributed by atoms with E-state index >= 15 is 0 Å². The first-order valence-corrected chi connectivity index (χ1v) is 4.18. The van der Waals surface area contributed by atoms with Crippen molar-refractivity contribution in [3.63, 3.8) is 0 Å². The Hall–Kier alpha value is -1.18. The quantitative estimate of drug-likeness (QED) is 0.871. The van der Waals surface area contributed by atoms with E-state index in [9.17, 15) is 8.78 Å². The van der Waals surface area contributed by atoms with Crippen molar-refractivity contribution in [2.75, 3.05) is 0 Å². The van der Waals surface area contributed by atoms with Crippen molar-refractivity contribution in [2.24, 2.45) is 5.73 Å². The molecule has 0 fully saturated rings. The largest absolute Gasteiger partial charge is 0.324 e. The Labute approximate surface area is 93.1 Å². The first kappa shape index (κ1) is 13.8. The average Bonchev–Trinajstić information content (AvgIpc) is 2.16. The van der Waals surface area contributed by atoms with Crippen LogP contribution in [0.25, 0.3) is 0 Å². The zero-order valence-corrected chi connectivity index (χ0v) is 8.68. The summed E-state index contributed by atoms with van der Waals surface area (Å²) in [5.41, 5.74) is 6.38. The second kappa shape index (κ2) is 6.33. The maximum Gasteiger partial charge on any atom is 0.240 e. The molecule has 5 heteroatoms. The maximum absolute atomic E-state index is 12.0. The molecular formula is C10H11ClF2N2. The minimum Gasteiger partial charge on any atom is -0.324 e. The maximum atomic E-state index is 12.0. The van der Waals surface area contributed by atoms with Gasteiger partial charge in [-0.3, -0.25) is 0 Å². The van der Waals surface area contributed by atoms with Gasteiger partial charge in [0.15, 0.2) is 0 Å². The van der Waals surface area contributed by atoms with Crippen LogP contribution in [0.3, 0.4) is 0 Å². The summed E-state index contributed by atoms with van der Waals surface area (Å²) in [4.78, 5) is 0. The Morgan fingerprint density at radius 2 is 1.93 bits per heavy atom. The second-order valence-electron chi connectivity index (χ2n) is 2.93. The Morgan fingerprint density at radius 1 is 1.33 bits per heavy atom. The van der Waals surface area contributed by atoms with Crippen LogP contribution in [-0.2, 0) is 0 Å². The van der Waals surface area contributed by atoms with E-state index in [0.717, 1.165) is 0 Å². The topological polar surface area (TPSA) is 49.8 Å². The molecule has 0 unspecified atom stereocenters. The van der Waals surface area contributed by atoms with Gasteiger partial charge in [0.25, 0.3) is 0 Å². The van der Waals surface area contributed by atoms with Gasteiger partial charge in [0, 0.05) is 12.5 Å². The summed E-state index contributed by atoms with van der Waals surface area (Å²) in [6.45, 7) is 0. The lowest BCUT2D eigenvalue weighted by molar-refractivity contribution is 0.128. The lowest BCUT2D eigenvalue weighted by Gasteiger charge is -2.12.